The minimum Gasteiger partial charge on any atom is -0.508 e. The van der Waals surface area contributed by atoms with Crippen molar-refractivity contribution in [2.45, 2.75) is 109 Å². The van der Waals surface area contributed by atoms with Crippen molar-refractivity contribution in [3.63, 3.8) is 0 Å². The first-order valence-electron chi connectivity index (χ1n) is 14.1. The highest BCUT2D eigenvalue weighted by Gasteiger charge is 2.59. The van der Waals surface area contributed by atoms with E-state index in [0.717, 1.165) is 6.07 Å². The summed E-state index contributed by atoms with van der Waals surface area (Å²) in [5, 5.41) is 44.1. The van der Waals surface area contributed by atoms with Crippen molar-refractivity contribution in [1.29, 1.82) is 0 Å². The number of aliphatic hydroxyl groups is 2. The molecule has 43 heavy (non-hydrogen) atoms. The molecule has 0 bridgehead atoms. The molecule has 0 unspecified atom stereocenters. The Bertz CT molecular complexity index is 1210. The average molecular weight is 616 g/mol. The molecule has 242 valence electrons. The lowest BCUT2D eigenvalue weighted by atomic mass is 9.73. The maximum atomic E-state index is 15.5. The molecule has 11 nitrogen and oxygen atoms in total. The molecule has 2 heterocycles. The van der Waals surface area contributed by atoms with Gasteiger partial charge in [0.25, 0.3) is 11.8 Å². The van der Waals surface area contributed by atoms with Gasteiger partial charge in [0.2, 0.25) is 0 Å². The maximum absolute atomic E-state index is 15.5. The third kappa shape index (κ3) is 7.46. The zero-order chi connectivity index (χ0) is 32.4. The van der Waals surface area contributed by atoms with E-state index in [2.05, 4.69) is 11.9 Å². The number of halogens is 2. The third-order valence-electron chi connectivity index (χ3n) is 8.49. The summed E-state index contributed by atoms with van der Waals surface area (Å²) in [4.78, 5) is 25.4. The number of aromatic hydroxyl groups is 2. The third-order valence-corrected chi connectivity index (χ3v) is 8.49. The largest absolute Gasteiger partial charge is 0.508 e. The molecule has 0 radical (unpaired) electrons. The van der Waals surface area contributed by atoms with Crippen LogP contribution in [0.5, 0.6) is 11.5 Å². The Kier molecular flexibility index (Phi) is 10.8. The highest BCUT2D eigenvalue weighted by molar-refractivity contribution is 5.96. The second kappa shape index (κ2) is 13.4. The number of carbonyl (C=O) groups excluding carboxylic acids is 2. The number of hydrogen-bond acceptors (Lipinski definition) is 10. The van der Waals surface area contributed by atoms with E-state index < -0.39 is 78.2 Å². The van der Waals surface area contributed by atoms with E-state index >= 15 is 8.78 Å². The molecule has 1 fully saturated rings. The normalized spacial score (nSPS) is 25.5. The minimum atomic E-state index is -3.31. The van der Waals surface area contributed by atoms with Gasteiger partial charge in [0, 0.05) is 46.0 Å². The van der Waals surface area contributed by atoms with Crippen LogP contribution >= 0.6 is 0 Å². The number of alkyl halides is 2. The number of amides is 1. The van der Waals surface area contributed by atoms with Crippen molar-refractivity contribution in [3.8, 4) is 11.5 Å². The molecule has 0 aromatic heterocycles. The Morgan fingerprint density at radius 3 is 2.42 bits per heavy atom. The van der Waals surface area contributed by atoms with E-state index in [1.54, 1.807) is 13.8 Å². The summed E-state index contributed by atoms with van der Waals surface area (Å²) in [6.07, 6.45) is -9.45. The topological polar surface area (TPSA) is 164 Å². The maximum Gasteiger partial charge on any atom is 0.342 e. The Morgan fingerprint density at radius 1 is 1.19 bits per heavy atom. The minimum absolute atomic E-state index is 0.0607. The van der Waals surface area contributed by atoms with Crippen LogP contribution in [-0.4, -0.2) is 95.3 Å². The summed E-state index contributed by atoms with van der Waals surface area (Å²) in [6, 6.07) is 1.05. The fourth-order valence-corrected chi connectivity index (χ4v) is 5.62. The van der Waals surface area contributed by atoms with Gasteiger partial charge in [-0.05, 0) is 31.4 Å². The number of rotatable bonds is 12. The van der Waals surface area contributed by atoms with Gasteiger partial charge in [-0.2, -0.15) is 0 Å². The Labute approximate surface area is 249 Å². The molecule has 0 saturated carbocycles. The molecule has 0 aliphatic carbocycles. The first-order valence-corrected chi connectivity index (χ1v) is 14.1. The summed E-state index contributed by atoms with van der Waals surface area (Å²) in [6.45, 7) is 9.66. The van der Waals surface area contributed by atoms with Gasteiger partial charge in [0.15, 0.2) is 12.3 Å². The van der Waals surface area contributed by atoms with Gasteiger partial charge < -0.3 is 44.7 Å². The number of phenols is 2. The Morgan fingerprint density at radius 2 is 1.84 bits per heavy atom. The van der Waals surface area contributed by atoms with Gasteiger partial charge in [-0.25, -0.2) is 13.6 Å². The first kappa shape index (κ1) is 34.6. The molecule has 2 aliphatic heterocycles. The molecular weight excluding hydrogens is 572 g/mol. The highest BCUT2D eigenvalue weighted by Crippen LogP contribution is 2.50. The van der Waals surface area contributed by atoms with Gasteiger partial charge in [-0.15, -0.1) is 6.58 Å². The lowest BCUT2D eigenvalue weighted by Crippen LogP contribution is -2.61. The number of hydrogen-bond donors (Lipinski definition) is 5. The number of ether oxygens (including phenoxy) is 4. The lowest BCUT2D eigenvalue weighted by Gasteiger charge is -2.49. The van der Waals surface area contributed by atoms with Crippen LogP contribution in [0.4, 0.5) is 8.78 Å². The number of methoxy groups -OCH3 is 2. The first-order chi connectivity index (χ1) is 19.9. The van der Waals surface area contributed by atoms with Crippen LogP contribution in [0.2, 0.25) is 0 Å². The number of carbonyl (C=O) groups is 2. The second-order valence-corrected chi connectivity index (χ2v) is 12.1. The highest BCUT2D eigenvalue weighted by atomic mass is 19.3. The number of phenolic OH excluding ortho intramolecular Hbond substituents is 2. The van der Waals surface area contributed by atoms with E-state index in [0.29, 0.717) is 16.7 Å². The number of cyclic esters (lactones) is 1. The van der Waals surface area contributed by atoms with Crippen molar-refractivity contribution >= 4 is 11.9 Å². The van der Waals surface area contributed by atoms with Crippen molar-refractivity contribution in [2.75, 3.05) is 14.2 Å². The van der Waals surface area contributed by atoms with Crippen molar-refractivity contribution in [3.05, 3.63) is 34.9 Å². The van der Waals surface area contributed by atoms with Gasteiger partial charge in [-0.1, -0.05) is 19.4 Å². The smallest absolute Gasteiger partial charge is 0.342 e. The van der Waals surface area contributed by atoms with Crippen LogP contribution in [0, 0.1) is 12.3 Å². The number of fused-ring (bicyclic) bond motifs is 1. The molecular formula is C30H43F2NO10. The lowest BCUT2D eigenvalue weighted by molar-refractivity contribution is -0.271. The molecule has 13 heteroatoms. The monoisotopic (exact) mass is 615 g/mol. The summed E-state index contributed by atoms with van der Waals surface area (Å²) in [5.74, 6) is -5.65. The molecule has 1 saturated heterocycles. The molecule has 0 spiro atoms. The molecule has 2 aliphatic rings. The number of aliphatic hydroxyl groups excluding tert-OH is 2. The zero-order valence-corrected chi connectivity index (χ0v) is 25.4. The van der Waals surface area contributed by atoms with Gasteiger partial charge in [0.1, 0.15) is 29.3 Å². The van der Waals surface area contributed by atoms with Gasteiger partial charge in [0.05, 0.1) is 23.7 Å². The van der Waals surface area contributed by atoms with Crippen molar-refractivity contribution in [2.24, 2.45) is 5.41 Å². The molecule has 1 amide bonds. The summed E-state index contributed by atoms with van der Waals surface area (Å²) < 4.78 is 53.0. The quantitative estimate of drug-likeness (QED) is 0.134. The summed E-state index contributed by atoms with van der Waals surface area (Å²) in [7, 11) is 2.53. The SMILES string of the molecule is C=C(C)C[C@H](OC)[C@H](O)C(=O)N[C@@H](OC)[C@@H]1CC(F)(F)C(C)(C)[C@@H](C[C@H](O)C[C@H]2Cc3c(C)c(O)cc(O)c3C(=O)O2)O1. The zero-order valence-electron chi connectivity index (χ0n) is 25.4. The van der Waals surface area contributed by atoms with E-state index in [1.807, 2.05) is 0 Å². The van der Waals surface area contributed by atoms with E-state index in [9.17, 15) is 30.0 Å². The van der Waals surface area contributed by atoms with Crippen LogP contribution in [0.15, 0.2) is 18.2 Å². The van der Waals surface area contributed by atoms with E-state index in [1.165, 1.54) is 28.1 Å². The standard InChI is InChI=1S/C30H43F2NO10/c1-14(2)8-21(40-6)25(37)26(38)33-27(41-7)22-13-30(31,32)29(4,5)23(43-22)10-16(34)9-17-11-18-15(3)19(35)12-20(36)24(18)28(39)42-17/h12,16-17,21-23,25,27,34-37H,1,8-11,13H2,2-7H3,(H,33,38)/t16-,17+,21+,22+,23-,25+,27+/m1/s1. The summed E-state index contributed by atoms with van der Waals surface area (Å²) >= 11 is 0. The average Bonchev–Trinajstić information content (AvgIpc) is 2.90. The van der Waals surface area contributed by atoms with E-state index in [4.69, 9.17) is 18.9 Å². The fraction of sp³-hybridized carbons (Fsp3) is 0.667. The van der Waals surface area contributed by atoms with Gasteiger partial charge in [-0.3, -0.25) is 4.79 Å². The Balaban J connectivity index is 1.73. The van der Waals surface area contributed by atoms with E-state index in [-0.39, 0.29) is 37.0 Å². The molecule has 3 rings (SSSR count). The predicted molar refractivity (Wildman–Crippen MR) is 150 cm³/mol. The van der Waals surface area contributed by atoms with Crippen molar-refractivity contribution < 1.29 is 57.7 Å². The number of nitrogens with one attached hydrogen (secondary N) is 1. The molecule has 7 atom stereocenters. The van der Waals surface area contributed by atoms with Crippen LogP contribution in [-0.2, 0) is 30.2 Å². The summed E-state index contributed by atoms with van der Waals surface area (Å²) in [5.41, 5.74) is -0.364. The van der Waals surface area contributed by atoms with Crippen molar-refractivity contribution in [1.82, 2.24) is 5.32 Å². The number of esters is 1. The second-order valence-electron chi connectivity index (χ2n) is 12.1. The molecule has 1 aromatic carbocycles. The van der Waals surface area contributed by atoms with Crippen LogP contribution in [0.25, 0.3) is 0 Å². The predicted octanol–water partition coefficient (Wildman–Crippen LogP) is 2.88. The van der Waals surface area contributed by atoms with Crippen LogP contribution < -0.4 is 5.32 Å². The van der Waals surface area contributed by atoms with Crippen LogP contribution in [0.1, 0.15) is 67.9 Å². The van der Waals surface area contributed by atoms with Gasteiger partial charge >= 0.3 is 5.97 Å². The Hall–Kier alpha value is -2.84. The molecule has 5 N–H and O–H groups in total. The fourth-order valence-electron chi connectivity index (χ4n) is 5.62. The molecule has 1 aromatic rings. The van der Waals surface area contributed by atoms with Crippen LogP contribution in [0.3, 0.4) is 0 Å². The number of benzene rings is 1.